The van der Waals surface area contributed by atoms with Crippen LogP contribution in [0.4, 0.5) is 11.6 Å². The number of hydrogen-bond donors (Lipinski definition) is 2. The summed E-state index contributed by atoms with van der Waals surface area (Å²) < 4.78 is 4.71. The summed E-state index contributed by atoms with van der Waals surface area (Å²) in [5.74, 6) is 0.0981. The van der Waals surface area contributed by atoms with E-state index in [1.165, 1.54) is 6.33 Å². The highest BCUT2D eigenvalue weighted by Gasteiger charge is 2.08. The lowest BCUT2D eigenvalue weighted by Crippen LogP contribution is -2.17. The standard InChI is InChI=1S/C8H11ClN4O2/c1-2-15-5(14)3-11-8-6(9)7(10)12-4-13-8/h4H,2-3H2,1H3,(H3,10,11,12,13). The van der Waals surface area contributed by atoms with Gasteiger partial charge in [-0.3, -0.25) is 4.79 Å². The van der Waals surface area contributed by atoms with Crippen molar-refractivity contribution in [2.24, 2.45) is 0 Å². The molecule has 3 N–H and O–H groups in total. The summed E-state index contributed by atoms with van der Waals surface area (Å²) >= 11 is 5.79. The maximum Gasteiger partial charge on any atom is 0.325 e. The highest BCUT2D eigenvalue weighted by atomic mass is 35.5. The van der Waals surface area contributed by atoms with Gasteiger partial charge in [0.25, 0.3) is 0 Å². The van der Waals surface area contributed by atoms with Crippen molar-refractivity contribution in [1.29, 1.82) is 0 Å². The van der Waals surface area contributed by atoms with E-state index in [1.54, 1.807) is 6.92 Å². The first-order valence-electron chi connectivity index (χ1n) is 4.30. The van der Waals surface area contributed by atoms with Gasteiger partial charge in [0.15, 0.2) is 5.82 Å². The van der Waals surface area contributed by atoms with Gasteiger partial charge in [0.05, 0.1) is 6.61 Å². The molecule has 1 heterocycles. The number of rotatable bonds is 4. The van der Waals surface area contributed by atoms with Gasteiger partial charge in [0.2, 0.25) is 0 Å². The van der Waals surface area contributed by atoms with Crippen LogP contribution in [0, 0.1) is 0 Å². The third-order valence-electron chi connectivity index (χ3n) is 1.52. The predicted octanol–water partition coefficient (Wildman–Crippen LogP) is 0.687. The number of aromatic nitrogens is 2. The summed E-state index contributed by atoms with van der Waals surface area (Å²) in [5.41, 5.74) is 5.45. The summed E-state index contributed by atoms with van der Waals surface area (Å²) in [7, 11) is 0. The molecular formula is C8H11ClN4O2. The van der Waals surface area contributed by atoms with Crippen molar-refractivity contribution in [3.05, 3.63) is 11.3 Å². The number of nitrogens with two attached hydrogens (primary N) is 1. The normalized spacial score (nSPS) is 9.73. The molecule has 0 saturated heterocycles. The molecule has 0 aromatic carbocycles. The molecule has 15 heavy (non-hydrogen) atoms. The summed E-state index contributed by atoms with van der Waals surface area (Å²) in [6, 6.07) is 0. The Bertz CT molecular complexity index is 358. The Kier molecular flexibility index (Phi) is 4.11. The molecule has 0 fully saturated rings. The molecule has 0 aliphatic rings. The molecule has 1 aromatic heterocycles. The van der Waals surface area contributed by atoms with Crippen molar-refractivity contribution < 1.29 is 9.53 Å². The fourth-order valence-corrected chi connectivity index (χ4v) is 1.04. The second-order valence-corrected chi connectivity index (χ2v) is 2.96. The van der Waals surface area contributed by atoms with Crippen LogP contribution in [0.1, 0.15) is 6.92 Å². The first-order chi connectivity index (χ1) is 7.15. The van der Waals surface area contributed by atoms with Crippen LogP contribution in [-0.2, 0) is 9.53 Å². The number of carbonyl (C=O) groups excluding carboxylic acids is 1. The zero-order chi connectivity index (χ0) is 11.3. The third kappa shape index (κ3) is 3.25. The molecule has 1 rings (SSSR count). The monoisotopic (exact) mass is 230 g/mol. The third-order valence-corrected chi connectivity index (χ3v) is 1.89. The Morgan fingerprint density at radius 1 is 1.67 bits per heavy atom. The van der Waals surface area contributed by atoms with E-state index in [2.05, 4.69) is 15.3 Å². The molecule has 0 aliphatic carbocycles. The smallest absolute Gasteiger partial charge is 0.325 e. The van der Waals surface area contributed by atoms with Crippen LogP contribution in [0.3, 0.4) is 0 Å². The van der Waals surface area contributed by atoms with Gasteiger partial charge in [0.1, 0.15) is 23.7 Å². The Labute approximate surface area is 91.8 Å². The summed E-state index contributed by atoms with van der Waals surface area (Å²) in [6.07, 6.45) is 1.26. The van der Waals surface area contributed by atoms with Crippen LogP contribution in [0.5, 0.6) is 0 Å². The molecule has 0 amide bonds. The number of hydrogen-bond acceptors (Lipinski definition) is 6. The Morgan fingerprint density at radius 2 is 2.40 bits per heavy atom. The molecule has 7 heteroatoms. The van der Waals surface area contributed by atoms with Crippen molar-refractivity contribution in [2.75, 3.05) is 24.2 Å². The fourth-order valence-electron chi connectivity index (χ4n) is 0.875. The quantitative estimate of drug-likeness (QED) is 0.740. The van der Waals surface area contributed by atoms with E-state index >= 15 is 0 Å². The Hall–Kier alpha value is -1.56. The maximum absolute atomic E-state index is 11.0. The van der Waals surface area contributed by atoms with Crippen molar-refractivity contribution >= 4 is 29.2 Å². The first-order valence-corrected chi connectivity index (χ1v) is 4.68. The van der Waals surface area contributed by atoms with Crippen LogP contribution in [0.25, 0.3) is 0 Å². The highest BCUT2D eigenvalue weighted by Crippen LogP contribution is 2.22. The number of ether oxygens (including phenoxy) is 1. The van der Waals surface area contributed by atoms with Gasteiger partial charge < -0.3 is 15.8 Å². The van der Waals surface area contributed by atoms with E-state index in [1.807, 2.05) is 0 Å². The molecule has 0 aliphatic heterocycles. The number of anilines is 2. The molecule has 0 radical (unpaired) electrons. The summed E-state index contributed by atoms with van der Waals surface area (Å²) in [4.78, 5) is 18.5. The Balaban J connectivity index is 2.58. The maximum atomic E-state index is 11.0. The minimum atomic E-state index is -0.384. The molecular weight excluding hydrogens is 220 g/mol. The minimum Gasteiger partial charge on any atom is -0.465 e. The zero-order valence-corrected chi connectivity index (χ0v) is 8.91. The van der Waals surface area contributed by atoms with Gasteiger partial charge in [-0.15, -0.1) is 0 Å². The fraction of sp³-hybridized carbons (Fsp3) is 0.375. The lowest BCUT2D eigenvalue weighted by Gasteiger charge is -2.07. The molecule has 82 valence electrons. The lowest BCUT2D eigenvalue weighted by atomic mass is 10.5. The molecule has 0 unspecified atom stereocenters. The number of carbonyl (C=O) groups is 1. The van der Waals surface area contributed by atoms with Gasteiger partial charge in [-0.05, 0) is 6.92 Å². The van der Waals surface area contributed by atoms with E-state index in [9.17, 15) is 4.79 Å². The van der Waals surface area contributed by atoms with Crippen molar-refractivity contribution in [1.82, 2.24) is 9.97 Å². The van der Waals surface area contributed by atoms with Gasteiger partial charge in [0, 0.05) is 0 Å². The second kappa shape index (κ2) is 5.35. The van der Waals surface area contributed by atoms with Crippen LogP contribution in [0.15, 0.2) is 6.33 Å². The van der Waals surface area contributed by atoms with E-state index < -0.39 is 0 Å². The van der Waals surface area contributed by atoms with Gasteiger partial charge in [-0.1, -0.05) is 11.6 Å². The number of nitrogens with zero attached hydrogens (tertiary/aromatic N) is 2. The van der Waals surface area contributed by atoms with Crippen molar-refractivity contribution in [3.63, 3.8) is 0 Å². The van der Waals surface area contributed by atoms with Crippen molar-refractivity contribution in [3.8, 4) is 0 Å². The molecule has 0 saturated carbocycles. The van der Waals surface area contributed by atoms with Gasteiger partial charge in [-0.25, -0.2) is 9.97 Å². The molecule has 0 spiro atoms. The number of nitrogens with one attached hydrogen (secondary N) is 1. The SMILES string of the molecule is CCOC(=O)CNc1ncnc(N)c1Cl. The number of halogens is 1. The highest BCUT2D eigenvalue weighted by molar-refractivity contribution is 6.35. The largest absolute Gasteiger partial charge is 0.465 e. The van der Waals surface area contributed by atoms with Crippen LogP contribution in [0.2, 0.25) is 5.02 Å². The average Bonchev–Trinajstić information content (AvgIpc) is 2.21. The molecule has 6 nitrogen and oxygen atoms in total. The summed E-state index contributed by atoms with van der Waals surface area (Å²) in [5, 5.41) is 2.90. The van der Waals surface area contributed by atoms with E-state index in [4.69, 9.17) is 22.1 Å². The zero-order valence-electron chi connectivity index (χ0n) is 8.16. The van der Waals surface area contributed by atoms with Crippen LogP contribution in [-0.4, -0.2) is 29.1 Å². The Morgan fingerprint density at radius 3 is 3.07 bits per heavy atom. The van der Waals surface area contributed by atoms with Gasteiger partial charge >= 0.3 is 5.97 Å². The predicted molar refractivity (Wildman–Crippen MR) is 56.6 cm³/mol. The second-order valence-electron chi connectivity index (χ2n) is 2.58. The van der Waals surface area contributed by atoms with E-state index in [0.717, 1.165) is 0 Å². The van der Waals surface area contributed by atoms with Crippen LogP contribution < -0.4 is 11.1 Å². The molecule has 0 bridgehead atoms. The van der Waals surface area contributed by atoms with E-state index in [0.29, 0.717) is 12.4 Å². The van der Waals surface area contributed by atoms with Crippen molar-refractivity contribution in [2.45, 2.75) is 6.92 Å². The number of esters is 1. The topological polar surface area (TPSA) is 90.1 Å². The minimum absolute atomic E-state index is 0.00991. The molecule has 1 aromatic rings. The van der Waals surface area contributed by atoms with Crippen LogP contribution >= 0.6 is 11.6 Å². The van der Waals surface area contributed by atoms with E-state index in [-0.39, 0.29) is 23.4 Å². The first kappa shape index (κ1) is 11.5. The lowest BCUT2D eigenvalue weighted by molar-refractivity contribution is -0.140. The van der Waals surface area contributed by atoms with Gasteiger partial charge in [-0.2, -0.15) is 0 Å². The summed E-state index contributed by atoms with van der Waals surface area (Å²) in [6.45, 7) is 2.05. The average molecular weight is 231 g/mol. The number of nitrogen functional groups attached to an aromatic ring is 1. The molecule has 0 atom stereocenters.